The molecule has 0 atom stereocenters. The van der Waals surface area contributed by atoms with Crippen molar-refractivity contribution in [3.05, 3.63) is 69.4 Å². The van der Waals surface area contributed by atoms with Crippen LogP contribution < -0.4 is 5.32 Å². The summed E-state index contributed by atoms with van der Waals surface area (Å²) < 4.78 is 5.99. The van der Waals surface area contributed by atoms with Crippen molar-refractivity contribution >= 4 is 34.0 Å². The highest BCUT2D eigenvalue weighted by Crippen LogP contribution is 2.30. The van der Waals surface area contributed by atoms with Crippen LogP contribution in [0.4, 0.5) is 5.69 Å². The highest BCUT2D eigenvalue weighted by Gasteiger charge is 2.14. The third kappa shape index (κ3) is 3.02. The lowest BCUT2D eigenvalue weighted by Gasteiger charge is -2.08. The Morgan fingerprint density at radius 3 is 2.69 bits per heavy atom. The van der Waals surface area contributed by atoms with E-state index < -0.39 is 0 Å². The number of benzene rings is 2. The molecule has 0 spiro atoms. The molecule has 4 aromatic rings. The van der Waals surface area contributed by atoms with Crippen LogP contribution in [-0.4, -0.2) is 10.9 Å². The van der Waals surface area contributed by atoms with E-state index in [1.54, 1.807) is 0 Å². The topological polar surface area (TPSA) is 55.1 Å². The van der Waals surface area contributed by atoms with E-state index in [9.17, 15) is 4.79 Å². The molecule has 0 radical (unpaired) electrons. The largest absolute Gasteiger partial charge is 0.436 e. The van der Waals surface area contributed by atoms with Gasteiger partial charge in [0.05, 0.1) is 4.88 Å². The van der Waals surface area contributed by atoms with Crippen LogP contribution in [0.15, 0.2) is 52.3 Å². The molecule has 4 rings (SSSR count). The van der Waals surface area contributed by atoms with Crippen LogP contribution in [0.3, 0.4) is 0 Å². The van der Waals surface area contributed by atoms with E-state index in [2.05, 4.69) is 16.4 Å². The summed E-state index contributed by atoms with van der Waals surface area (Å²) in [5.41, 5.74) is 6.46. The fourth-order valence-corrected chi connectivity index (χ4v) is 3.60. The lowest BCUT2D eigenvalue weighted by molar-refractivity contribution is 0.103. The Balaban J connectivity index is 1.72. The molecule has 0 fully saturated rings. The normalized spacial score (nSPS) is 11.0. The van der Waals surface area contributed by atoms with Gasteiger partial charge in [0, 0.05) is 11.3 Å². The number of carbonyl (C=O) groups is 1. The SMILES string of the molecule is Cc1cc(C)c2oc(-c3ccc(C)c(NC(=O)c4cccs4)c3)nc2c1. The van der Waals surface area contributed by atoms with E-state index in [-0.39, 0.29) is 5.91 Å². The zero-order valence-corrected chi connectivity index (χ0v) is 15.6. The van der Waals surface area contributed by atoms with Gasteiger partial charge >= 0.3 is 0 Å². The Kier molecular flexibility index (Phi) is 4.09. The summed E-state index contributed by atoms with van der Waals surface area (Å²) in [5, 5.41) is 4.87. The number of hydrogen-bond acceptors (Lipinski definition) is 4. The molecule has 1 amide bonds. The van der Waals surface area contributed by atoms with Gasteiger partial charge in [0.1, 0.15) is 5.52 Å². The number of nitrogens with zero attached hydrogens (tertiary/aromatic N) is 1. The van der Waals surface area contributed by atoms with Crippen LogP contribution in [-0.2, 0) is 0 Å². The van der Waals surface area contributed by atoms with Gasteiger partial charge < -0.3 is 9.73 Å². The van der Waals surface area contributed by atoms with Gasteiger partial charge in [0.2, 0.25) is 5.89 Å². The molecule has 0 aliphatic rings. The molecule has 130 valence electrons. The fraction of sp³-hybridized carbons (Fsp3) is 0.143. The minimum atomic E-state index is -0.107. The van der Waals surface area contributed by atoms with Crippen molar-refractivity contribution in [2.24, 2.45) is 0 Å². The zero-order chi connectivity index (χ0) is 18.3. The number of nitrogens with one attached hydrogen (secondary N) is 1. The lowest BCUT2D eigenvalue weighted by atomic mass is 10.1. The van der Waals surface area contributed by atoms with E-state index in [0.717, 1.165) is 39.0 Å². The minimum Gasteiger partial charge on any atom is -0.436 e. The highest BCUT2D eigenvalue weighted by atomic mass is 32.1. The van der Waals surface area contributed by atoms with E-state index >= 15 is 0 Å². The van der Waals surface area contributed by atoms with Gasteiger partial charge in [-0.25, -0.2) is 4.98 Å². The smallest absolute Gasteiger partial charge is 0.265 e. The third-order valence-electron chi connectivity index (χ3n) is 4.30. The molecule has 5 heteroatoms. The van der Waals surface area contributed by atoms with E-state index in [1.165, 1.54) is 11.3 Å². The summed E-state index contributed by atoms with van der Waals surface area (Å²) in [5.74, 6) is 0.449. The number of thiophene rings is 1. The van der Waals surface area contributed by atoms with Crippen LogP contribution in [0.25, 0.3) is 22.6 Å². The molecule has 2 aromatic carbocycles. The molecular formula is C21H18N2O2S. The lowest BCUT2D eigenvalue weighted by Crippen LogP contribution is -2.11. The number of aromatic nitrogens is 1. The monoisotopic (exact) mass is 362 g/mol. The summed E-state index contributed by atoms with van der Waals surface area (Å²) >= 11 is 1.42. The zero-order valence-electron chi connectivity index (χ0n) is 14.8. The Hall–Kier alpha value is -2.92. The average Bonchev–Trinajstić information content (AvgIpc) is 3.26. The van der Waals surface area contributed by atoms with Gasteiger partial charge in [-0.15, -0.1) is 11.3 Å². The number of aryl methyl sites for hydroxylation is 3. The Bertz CT molecular complexity index is 1110. The van der Waals surface area contributed by atoms with Crippen molar-refractivity contribution in [3.63, 3.8) is 0 Å². The molecule has 26 heavy (non-hydrogen) atoms. The fourth-order valence-electron chi connectivity index (χ4n) is 2.98. The van der Waals surface area contributed by atoms with E-state index in [0.29, 0.717) is 10.8 Å². The second-order valence-electron chi connectivity index (χ2n) is 6.41. The molecule has 0 saturated carbocycles. The van der Waals surface area contributed by atoms with Crippen LogP contribution in [0.2, 0.25) is 0 Å². The van der Waals surface area contributed by atoms with Crippen molar-refractivity contribution < 1.29 is 9.21 Å². The number of anilines is 1. The molecule has 0 saturated heterocycles. The van der Waals surface area contributed by atoms with Crippen molar-refractivity contribution in [1.29, 1.82) is 0 Å². The quantitative estimate of drug-likeness (QED) is 0.506. The minimum absolute atomic E-state index is 0.107. The van der Waals surface area contributed by atoms with Gasteiger partial charge in [0.25, 0.3) is 5.91 Å². The summed E-state index contributed by atoms with van der Waals surface area (Å²) in [4.78, 5) is 17.7. The first-order valence-electron chi connectivity index (χ1n) is 8.35. The first kappa shape index (κ1) is 16.5. The highest BCUT2D eigenvalue weighted by molar-refractivity contribution is 7.12. The number of fused-ring (bicyclic) bond motifs is 1. The van der Waals surface area contributed by atoms with Gasteiger partial charge in [0.15, 0.2) is 5.58 Å². The second kappa shape index (κ2) is 6.42. The van der Waals surface area contributed by atoms with Crippen LogP contribution in [0, 0.1) is 20.8 Å². The molecule has 0 aliphatic heterocycles. The summed E-state index contributed by atoms with van der Waals surface area (Å²) in [6, 6.07) is 13.6. The predicted octanol–water partition coefficient (Wildman–Crippen LogP) is 5.73. The Morgan fingerprint density at radius 2 is 1.92 bits per heavy atom. The Morgan fingerprint density at radius 1 is 1.08 bits per heavy atom. The molecule has 2 heterocycles. The first-order valence-corrected chi connectivity index (χ1v) is 9.23. The molecule has 0 aliphatic carbocycles. The maximum absolute atomic E-state index is 12.4. The summed E-state index contributed by atoms with van der Waals surface area (Å²) in [6.45, 7) is 6.03. The van der Waals surface area contributed by atoms with Gasteiger partial charge in [-0.2, -0.15) is 0 Å². The summed E-state index contributed by atoms with van der Waals surface area (Å²) in [6.07, 6.45) is 0. The van der Waals surface area contributed by atoms with E-state index in [4.69, 9.17) is 4.42 Å². The number of carbonyl (C=O) groups excluding carboxylic acids is 1. The number of hydrogen-bond donors (Lipinski definition) is 1. The van der Waals surface area contributed by atoms with Gasteiger partial charge in [-0.1, -0.05) is 18.2 Å². The molecular weight excluding hydrogens is 344 g/mol. The van der Waals surface area contributed by atoms with E-state index in [1.807, 2.05) is 62.5 Å². The number of oxazole rings is 1. The van der Waals surface area contributed by atoms with Crippen molar-refractivity contribution in [2.75, 3.05) is 5.32 Å². The molecule has 4 nitrogen and oxygen atoms in total. The third-order valence-corrected chi connectivity index (χ3v) is 5.17. The van der Waals surface area contributed by atoms with Crippen molar-refractivity contribution in [2.45, 2.75) is 20.8 Å². The number of rotatable bonds is 3. The summed E-state index contributed by atoms with van der Waals surface area (Å²) in [7, 11) is 0. The maximum atomic E-state index is 12.4. The van der Waals surface area contributed by atoms with Crippen LogP contribution in [0.1, 0.15) is 26.4 Å². The van der Waals surface area contributed by atoms with Crippen molar-refractivity contribution in [1.82, 2.24) is 4.98 Å². The Labute approximate surface area is 155 Å². The maximum Gasteiger partial charge on any atom is 0.265 e. The molecule has 0 unspecified atom stereocenters. The van der Waals surface area contributed by atoms with Crippen LogP contribution >= 0.6 is 11.3 Å². The van der Waals surface area contributed by atoms with Gasteiger partial charge in [-0.3, -0.25) is 4.79 Å². The van der Waals surface area contributed by atoms with Gasteiger partial charge in [-0.05, 0) is 67.1 Å². The predicted molar refractivity (Wildman–Crippen MR) is 106 cm³/mol. The molecule has 2 aromatic heterocycles. The van der Waals surface area contributed by atoms with Crippen LogP contribution in [0.5, 0.6) is 0 Å². The standard InChI is InChI=1S/C21H18N2O2S/c1-12-9-14(3)19-17(10-12)23-21(25-19)15-7-6-13(2)16(11-15)22-20(24)18-5-4-8-26-18/h4-11H,1-3H3,(H,22,24). The second-order valence-corrected chi connectivity index (χ2v) is 7.36. The number of amides is 1. The first-order chi connectivity index (χ1) is 12.5. The molecule has 1 N–H and O–H groups in total. The molecule has 0 bridgehead atoms. The van der Waals surface area contributed by atoms with Crippen molar-refractivity contribution in [3.8, 4) is 11.5 Å². The average molecular weight is 362 g/mol.